The van der Waals surface area contributed by atoms with Gasteiger partial charge in [-0.15, -0.1) is 0 Å². The molecule has 0 aromatic rings. The van der Waals surface area contributed by atoms with Crippen LogP contribution in [0.4, 0.5) is 0 Å². The van der Waals surface area contributed by atoms with Gasteiger partial charge in [0.2, 0.25) is 0 Å². The van der Waals surface area contributed by atoms with Gasteiger partial charge in [-0.05, 0) is 43.8 Å². The first-order valence-electron chi connectivity index (χ1n) is 8.02. The van der Waals surface area contributed by atoms with Crippen LogP contribution < -0.4 is 0 Å². The molecule has 0 saturated heterocycles. The lowest BCUT2D eigenvalue weighted by Crippen LogP contribution is -2.63. The molecule has 2 aliphatic rings. The normalized spacial score (nSPS) is 34.2. The first-order valence-corrected chi connectivity index (χ1v) is 11.4. The molecule has 124 valence electrons. The number of allylic oxidation sites excluding steroid dienone is 1. The Morgan fingerprint density at radius 3 is 2.50 bits per heavy atom. The molecule has 2 rings (SSSR count). The van der Waals surface area contributed by atoms with E-state index in [4.69, 9.17) is 9.16 Å². The van der Waals surface area contributed by atoms with E-state index in [9.17, 15) is 9.59 Å². The van der Waals surface area contributed by atoms with Crippen LogP contribution in [0.15, 0.2) is 12.2 Å². The lowest BCUT2D eigenvalue weighted by Gasteiger charge is -2.54. The summed E-state index contributed by atoms with van der Waals surface area (Å²) in [6, 6.07) is 0. The van der Waals surface area contributed by atoms with Crippen molar-refractivity contribution in [2.24, 2.45) is 16.7 Å². The van der Waals surface area contributed by atoms with Gasteiger partial charge in [0, 0.05) is 6.42 Å². The summed E-state index contributed by atoms with van der Waals surface area (Å²) in [5.74, 6) is -0.515. The fourth-order valence-corrected chi connectivity index (χ4v) is 5.06. The van der Waals surface area contributed by atoms with Crippen molar-refractivity contribution in [2.75, 3.05) is 7.11 Å². The van der Waals surface area contributed by atoms with Crippen LogP contribution in [0.2, 0.25) is 19.6 Å². The van der Waals surface area contributed by atoms with E-state index in [0.29, 0.717) is 6.42 Å². The third-order valence-corrected chi connectivity index (χ3v) is 6.05. The molecule has 1 fully saturated rings. The predicted molar refractivity (Wildman–Crippen MR) is 87.9 cm³/mol. The van der Waals surface area contributed by atoms with Crippen LogP contribution in [-0.2, 0) is 18.8 Å². The SMILES string of the molecule is COC(=O)[C@]12C(=O)CCC(C)(C)[C@H]1CC=CC2O[Si](C)(C)C. The summed E-state index contributed by atoms with van der Waals surface area (Å²) in [4.78, 5) is 25.7. The second-order valence-corrected chi connectivity index (χ2v) is 12.6. The molecule has 1 saturated carbocycles. The molecular weight excluding hydrogens is 296 g/mol. The van der Waals surface area contributed by atoms with Gasteiger partial charge in [-0.25, -0.2) is 0 Å². The number of hydrogen-bond acceptors (Lipinski definition) is 4. The quantitative estimate of drug-likeness (QED) is 0.346. The summed E-state index contributed by atoms with van der Waals surface area (Å²) in [5, 5.41) is 0. The molecule has 0 bridgehead atoms. The van der Waals surface area contributed by atoms with Gasteiger partial charge in [0.05, 0.1) is 13.2 Å². The number of carbonyl (C=O) groups excluding carboxylic acids is 2. The van der Waals surface area contributed by atoms with Crippen LogP contribution in [-0.4, -0.2) is 33.3 Å². The van der Waals surface area contributed by atoms with Gasteiger partial charge in [-0.3, -0.25) is 9.59 Å². The zero-order valence-electron chi connectivity index (χ0n) is 14.6. The highest BCUT2D eigenvalue weighted by Gasteiger charge is 2.64. The number of fused-ring (bicyclic) bond motifs is 1. The lowest BCUT2D eigenvalue weighted by molar-refractivity contribution is -0.179. The average Bonchev–Trinajstić information content (AvgIpc) is 2.41. The Labute approximate surface area is 134 Å². The molecule has 0 amide bonds. The molecular formula is C17H28O4Si. The van der Waals surface area contributed by atoms with Crippen LogP contribution in [0.5, 0.6) is 0 Å². The Kier molecular flexibility index (Phi) is 4.43. The lowest BCUT2D eigenvalue weighted by atomic mass is 9.50. The molecule has 0 spiro atoms. The molecule has 3 atom stereocenters. The summed E-state index contributed by atoms with van der Waals surface area (Å²) in [6.07, 6.45) is 5.42. The van der Waals surface area contributed by atoms with Crippen molar-refractivity contribution in [3.8, 4) is 0 Å². The maximum atomic E-state index is 12.9. The van der Waals surface area contributed by atoms with Crippen molar-refractivity contribution in [2.45, 2.75) is 58.9 Å². The van der Waals surface area contributed by atoms with Gasteiger partial charge in [0.1, 0.15) is 0 Å². The largest absolute Gasteiger partial charge is 0.468 e. The van der Waals surface area contributed by atoms with Gasteiger partial charge in [-0.2, -0.15) is 0 Å². The van der Waals surface area contributed by atoms with Crippen molar-refractivity contribution in [3.63, 3.8) is 0 Å². The highest BCUT2D eigenvalue weighted by Crippen LogP contribution is 2.56. The molecule has 0 radical (unpaired) electrons. The second-order valence-electron chi connectivity index (χ2n) is 8.14. The molecule has 0 heterocycles. The fourth-order valence-electron chi connectivity index (χ4n) is 4.03. The van der Waals surface area contributed by atoms with Gasteiger partial charge < -0.3 is 9.16 Å². The summed E-state index contributed by atoms with van der Waals surface area (Å²) < 4.78 is 11.4. The standard InChI is InChI=1S/C17H28O4Si/c1-16(2)11-10-13(18)17(15(19)20-3)12(16)8-7-9-14(17)21-22(4,5)6/h7,9,12,14H,8,10-11H2,1-6H3/t12-,14?,17+/m1/s1. The highest BCUT2D eigenvalue weighted by atomic mass is 28.4. The molecule has 0 aliphatic heterocycles. The molecule has 0 N–H and O–H groups in total. The number of rotatable bonds is 3. The van der Waals surface area contributed by atoms with Gasteiger partial charge >= 0.3 is 5.97 Å². The highest BCUT2D eigenvalue weighted by molar-refractivity contribution is 6.69. The molecule has 22 heavy (non-hydrogen) atoms. The third-order valence-electron chi connectivity index (χ3n) is 5.09. The number of hydrogen-bond donors (Lipinski definition) is 0. The van der Waals surface area contributed by atoms with Gasteiger partial charge in [0.15, 0.2) is 19.5 Å². The van der Waals surface area contributed by atoms with E-state index in [1.165, 1.54) is 7.11 Å². The van der Waals surface area contributed by atoms with E-state index < -0.39 is 25.8 Å². The zero-order valence-corrected chi connectivity index (χ0v) is 15.6. The minimum atomic E-state index is -1.91. The minimum Gasteiger partial charge on any atom is -0.468 e. The molecule has 1 unspecified atom stereocenters. The summed E-state index contributed by atoms with van der Waals surface area (Å²) >= 11 is 0. The Bertz CT molecular complexity index is 493. The maximum Gasteiger partial charge on any atom is 0.322 e. The third kappa shape index (κ3) is 2.69. The Hall–Kier alpha value is -0.943. The maximum absolute atomic E-state index is 12.9. The van der Waals surface area contributed by atoms with E-state index in [2.05, 4.69) is 39.6 Å². The van der Waals surface area contributed by atoms with Crippen LogP contribution >= 0.6 is 0 Å². The number of ketones is 1. The Morgan fingerprint density at radius 1 is 1.32 bits per heavy atom. The van der Waals surface area contributed by atoms with Crippen molar-refractivity contribution >= 4 is 20.1 Å². The molecule has 5 heteroatoms. The van der Waals surface area contributed by atoms with Crippen molar-refractivity contribution in [1.29, 1.82) is 0 Å². The summed E-state index contributed by atoms with van der Waals surface area (Å²) in [5.41, 5.74) is -1.26. The number of esters is 1. The van der Waals surface area contributed by atoms with E-state index in [0.717, 1.165) is 12.8 Å². The number of ether oxygens (including phenoxy) is 1. The second kappa shape index (κ2) is 5.60. The van der Waals surface area contributed by atoms with Crippen molar-refractivity contribution in [1.82, 2.24) is 0 Å². The minimum absolute atomic E-state index is 0.0173. The Balaban J connectivity index is 2.59. The topological polar surface area (TPSA) is 52.6 Å². The van der Waals surface area contributed by atoms with Gasteiger partial charge in [0.25, 0.3) is 0 Å². The van der Waals surface area contributed by atoms with Crippen LogP contribution in [0.1, 0.15) is 33.1 Å². The van der Waals surface area contributed by atoms with E-state index in [1.54, 1.807) is 0 Å². The first kappa shape index (κ1) is 17.4. The fraction of sp³-hybridized carbons (Fsp3) is 0.765. The van der Waals surface area contributed by atoms with Crippen LogP contribution in [0.3, 0.4) is 0 Å². The smallest absolute Gasteiger partial charge is 0.322 e. The molecule has 0 aromatic heterocycles. The number of methoxy groups -OCH3 is 1. The average molecular weight is 324 g/mol. The van der Waals surface area contributed by atoms with Gasteiger partial charge in [-0.1, -0.05) is 26.0 Å². The first-order chi connectivity index (χ1) is 10.1. The van der Waals surface area contributed by atoms with Crippen molar-refractivity contribution in [3.05, 3.63) is 12.2 Å². The van der Waals surface area contributed by atoms with E-state index in [1.807, 2.05) is 6.08 Å². The zero-order chi connectivity index (χ0) is 16.8. The number of carbonyl (C=O) groups is 2. The van der Waals surface area contributed by atoms with E-state index in [-0.39, 0.29) is 17.1 Å². The summed E-state index contributed by atoms with van der Waals surface area (Å²) in [7, 11) is -0.546. The molecule has 4 nitrogen and oxygen atoms in total. The summed E-state index contributed by atoms with van der Waals surface area (Å²) in [6.45, 7) is 10.5. The predicted octanol–water partition coefficient (Wildman–Crippen LogP) is 3.33. The Morgan fingerprint density at radius 2 is 1.95 bits per heavy atom. The van der Waals surface area contributed by atoms with Crippen molar-refractivity contribution < 1.29 is 18.8 Å². The molecule has 0 aromatic carbocycles. The van der Waals surface area contributed by atoms with Crippen LogP contribution in [0, 0.1) is 16.7 Å². The van der Waals surface area contributed by atoms with E-state index >= 15 is 0 Å². The monoisotopic (exact) mass is 324 g/mol. The van der Waals surface area contributed by atoms with Crippen LogP contribution in [0.25, 0.3) is 0 Å². The molecule has 2 aliphatic carbocycles. The number of Topliss-reactive ketones (excluding diaryl/α,β-unsaturated/α-hetero) is 1.